The van der Waals surface area contributed by atoms with Gasteiger partial charge in [-0.05, 0) is 68.3 Å². The lowest BCUT2D eigenvalue weighted by Gasteiger charge is -2.33. The highest BCUT2D eigenvalue weighted by Gasteiger charge is 2.36. The Labute approximate surface area is 236 Å². The summed E-state index contributed by atoms with van der Waals surface area (Å²) < 4.78 is 82.2. The Bertz CT molecular complexity index is 1450. The largest absolute Gasteiger partial charge is 0.416 e. The van der Waals surface area contributed by atoms with Crippen molar-refractivity contribution >= 4 is 27.5 Å². The third kappa shape index (κ3) is 8.06. The van der Waals surface area contributed by atoms with Crippen LogP contribution < -0.4 is 9.62 Å². The fraction of sp³-hybridized carbons (Fsp3) is 0.310. The van der Waals surface area contributed by atoms with Gasteiger partial charge in [0.25, 0.3) is 10.0 Å². The molecule has 0 aromatic heterocycles. The molecule has 3 aromatic rings. The van der Waals surface area contributed by atoms with Gasteiger partial charge in [-0.15, -0.1) is 0 Å². The molecule has 0 unspecified atom stereocenters. The second-order valence-corrected chi connectivity index (χ2v) is 11.5. The van der Waals surface area contributed by atoms with E-state index in [-0.39, 0.29) is 29.6 Å². The summed E-state index contributed by atoms with van der Waals surface area (Å²) in [6.07, 6.45) is -4.61. The van der Waals surface area contributed by atoms with Crippen molar-refractivity contribution in [1.29, 1.82) is 0 Å². The Morgan fingerprint density at radius 2 is 1.56 bits per heavy atom. The van der Waals surface area contributed by atoms with E-state index >= 15 is 0 Å². The van der Waals surface area contributed by atoms with Crippen molar-refractivity contribution in [3.05, 3.63) is 95.8 Å². The number of halogens is 4. The number of nitrogens with zero attached hydrogens (tertiary/aromatic N) is 2. The smallest absolute Gasteiger partial charge is 0.352 e. The molecule has 0 saturated carbocycles. The van der Waals surface area contributed by atoms with Gasteiger partial charge in [-0.2, -0.15) is 13.2 Å². The average molecular weight is 594 g/mol. The number of benzene rings is 3. The highest BCUT2D eigenvalue weighted by atomic mass is 32.2. The molecule has 220 valence electrons. The van der Waals surface area contributed by atoms with E-state index < -0.39 is 52.0 Å². The van der Waals surface area contributed by atoms with E-state index in [0.717, 1.165) is 23.1 Å². The van der Waals surface area contributed by atoms with Crippen molar-refractivity contribution in [2.75, 3.05) is 10.8 Å². The van der Waals surface area contributed by atoms with Crippen LogP contribution in [0.5, 0.6) is 0 Å². The Hall–Kier alpha value is -3.93. The van der Waals surface area contributed by atoms with E-state index in [2.05, 4.69) is 5.32 Å². The molecule has 0 aliphatic heterocycles. The zero-order valence-electron chi connectivity index (χ0n) is 22.7. The van der Waals surface area contributed by atoms with Gasteiger partial charge in [0.05, 0.1) is 16.1 Å². The number of anilines is 1. The zero-order chi connectivity index (χ0) is 30.4. The first-order valence-corrected chi connectivity index (χ1v) is 14.3. The second-order valence-electron chi connectivity index (χ2n) is 9.61. The minimum Gasteiger partial charge on any atom is -0.352 e. The SMILES string of the molecule is CC[C@@H](C(=O)NC(C)C)N(Cc1ccc(F)cc1)C(=O)CN(c1cccc(C(F)(F)F)c1)S(=O)(=O)c1ccccc1. The number of amides is 2. The number of rotatable bonds is 11. The predicted molar refractivity (Wildman–Crippen MR) is 147 cm³/mol. The van der Waals surface area contributed by atoms with Gasteiger partial charge in [-0.25, -0.2) is 12.8 Å². The van der Waals surface area contributed by atoms with Gasteiger partial charge in [-0.3, -0.25) is 13.9 Å². The van der Waals surface area contributed by atoms with Crippen LogP contribution in [0.3, 0.4) is 0 Å². The molecule has 7 nitrogen and oxygen atoms in total. The number of hydrogen-bond acceptors (Lipinski definition) is 4. The monoisotopic (exact) mass is 593 g/mol. The van der Waals surface area contributed by atoms with Crippen molar-refractivity contribution in [3.63, 3.8) is 0 Å². The molecule has 3 aromatic carbocycles. The molecule has 0 fully saturated rings. The molecule has 0 bridgehead atoms. The minimum atomic E-state index is -4.76. The van der Waals surface area contributed by atoms with Crippen LogP contribution in [0.4, 0.5) is 23.2 Å². The Balaban J connectivity index is 2.10. The van der Waals surface area contributed by atoms with E-state index in [9.17, 15) is 35.6 Å². The Kier molecular flexibility index (Phi) is 10.1. The van der Waals surface area contributed by atoms with Crippen LogP contribution in [0.25, 0.3) is 0 Å². The van der Waals surface area contributed by atoms with Crippen molar-refractivity contribution in [1.82, 2.24) is 10.2 Å². The first kappa shape index (κ1) is 31.6. The molecule has 3 rings (SSSR count). The molecule has 12 heteroatoms. The Morgan fingerprint density at radius 1 is 0.927 bits per heavy atom. The summed E-state index contributed by atoms with van der Waals surface area (Å²) in [6, 6.07) is 14.6. The van der Waals surface area contributed by atoms with Gasteiger partial charge >= 0.3 is 6.18 Å². The summed E-state index contributed by atoms with van der Waals surface area (Å²) in [7, 11) is -4.53. The van der Waals surface area contributed by atoms with Crippen molar-refractivity contribution in [2.45, 2.75) is 56.9 Å². The number of alkyl halides is 3. The number of carbonyl (C=O) groups excluding carboxylic acids is 2. The summed E-state index contributed by atoms with van der Waals surface area (Å²) >= 11 is 0. The quantitative estimate of drug-likeness (QED) is 0.303. The average Bonchev–Trinajstić information content (AvgIpc) is 2.92. The maximum Gasteiger partial charge on any atom is 0.416 e. The highest BCUT2D eigenvalue weighted by Crippen LogP contribution is 2.33. The predicted octanol–water partition coefficient (Wildman–Crippen LogP) is 5.37. The summed E-state index contributed by atoms with van der Waals surface area (Å²) in [4.78, 5) is 27.9. The molecular weight excluding hydrogens is 562 g/mol. The summed E-state index contributed by atoms with van der Waals surface area (Å²) in [6.45, 7) is 4.06. The van der Waals surface area contributed by atoms with Crippen LogP contribution in [0.2, 0.25) is 0 Å². The van der Waals surface area contributed by atoms with Gasteiger partial charge in [-0.1, -0.05) is 43.3 Å². The van der Waals surface area contributed by atoms with E-state index in [1.807, 2.05) is 0 Å². The molecule has 0 heterocycles. The molecule has 1 N–H and O–H groups in total. The van der Waals surface area contributed by atoms with Crippen molar-refractivity contribution in [3.8, 4) is 0 Å². The molecule has 41 heavy (non-hydrogen) atoms. The van der Waals surface area contributed by atoms with Crippen molar-refractivity contribution in [2.24, 2.45) is 0 Å². The summed E-state index contributed by atoms with van der Waals surface area (Å²) in [5.74, 6) is -1.84. The lowest BCUT2D eigenvalue weighted by Crippen LogP contribution is -2.53. The fourth-order valence-electron chi connectivity index (χ4n) is 4.17. The standard InChI is InChI=1S/C29H31F4N3O4S/c1-4-26(28(38)34-20(2)3)35(18-21-13-15-23(30)16-14-21)27(37)19-36(41(39,40)25-11-6-5-7-12-25)24-10-8-9-22(17-24)29(31,32)33/h5-17,20,26H,4,18-19H2,1-3H3,(H,34,38)/t26-/m0/s1. The van der Waals surface area contributed by atoms with Crippen molar-refractivity contribution < 1.29 is 35.6 Å². The van der Waals surface area contributed by atoms with Crippen LogP contribution in [0.1, 0.15) is 38.3 Å². The second kappa shape index (κ2) is 13.2. The molecular formula is C29H31F4N3O4S. The summed E-state index contributed by atoms with van der Waals surface area (Å²) in [5, 5.41) is 2.74. The minimum absolute atomic E-state index is 0.153. The van der Waals surface area contributed by atoms with Crippen LogP contribution in [0.15, 0.2) is 83.8 Å². The van der Waals surface area contributed by atoms with Gasteiger partial charge in [0.15, 0.2) is 0 Å². The highest BCUT2D eigenvalue weighted by molar-refractivity contribution is 7.92. The fourth-order valence-corrected chi connectivity index (χ4v) is 5.60. The zero-order valence-corrected chi connectivity index (χ0v) is 23.5. The van der Waals surface area contributed by atoms with Gasteiger partial charge in [0.1, 0.15) is 18.4 Å². The number of sulfonamides is 1. The topological polar surface area (TPSA) is 86.8 Å². The number of nitrogens with one attached hydrogen (secondary N) is 1. The maximum atomic E-state index is 13.9. The van der Waals surface area contributed by atoms with Gasteiger partial charge in [0, 0.05) is 12.6 Å². The third-order valence-electron chi connectivity index (χ3n) is 6.15. The van der Waals surface area contributed by atoms with E-state index in [4.69, 9.17) is 0 Å². The van der Waals surface area contributed by atoms with Gasteiger partial charge < -0.3 is 10.2 Å². The molecule has 0 radical (unpaired) electrons. The van der Waals surface area contributed by atoms with E-state index in [0.29, 0.717) is 15.9 Å². The molecule has 0 aliphatic carbocycles. The third-order valence-corrected chi connectivity index (χ3v) is 7.94. The molecule has 0 saturated heterocycles. The van der Waals surface area contributed by atoms with E-state index in [1.54, 1.807) is 26.8 Å². The van der Waals surface area contributed by atoms with Crippen LogP contribution >= 0.6 is 0 Å². The number of carbonyl (C=O) groups is 2. The molecule has 2 amide bonds. The van der Waals surface area contributed by atoms with Gasteiger partial charge in [0.2, 0.25) is 11.8 Å². The maximum absolute atomic E-state index is 13.9. The van der Waals surface area contributed by atoms with Crippen LogP contribution in [0, 0.1) is 5.82 Å². The Morgan fingerprint density at radius 3 is 2.12 bits per heavy atom. The number of hydrogen-bond donors (Lipinski definition) is 1. The lowest BCUT2D eigenvalue weighted by molar-refractivity contribution is -0.140. The molecule has 1 atom stereocenters. The van der Waals surface area contributed by atoms with Crippen LogP contribution in [-0.2, 0) is 32.3 Å². The first-order valence-electron chi connectivity index (χ1n) is 12.8. The summed E-state index contributed by atoms with van der Waals surface area (Å²) in [5.41, 5.74) is -1.01. The van der Waals surface area contributed by atoms with E-state index in [1.165, 1.54) is 48.5 Å². The first-order chi connectivity index (χ1) is 19.2. The normalized spacial score (nSPS) is 12.6. The van der Waals surface area contributed by atoms with Crippen LogP contribution in [-0.4, -0.2) is 43.8 Å². The lowest BCUT2D eigenvalue weighted by atomic mass is 10.1. The molecule has 0 spiro atoms. The molecule has 0 aliphatic rings.